The van der Waals surface area contributed by atoms with Gasteiger partial charge >= 0.3 is 0 Å². The fourth-order valence-corrected chi connectivity index (χ4v) is 2.68. The molecule has 0 radical (unpaired) electrons. The van der Waals surface area contributed by atoms with Gasteiger partial charge in [-0.05, 0) is 0 Å². The Morgan fingerprint density at radius 2 is 2.21 bits per heavy atom. The van der Waals surface area contributed by atoms with Crippen LogP contribution in [0.25, 0.3) is 4.96 Å². The monoisotopic (exact) mass is 228 g/mol. The molecule has 0 N–H and O–H groups in total. The number of hydrogen-bond donors (Lipinski definition) is 0. The Morgan fingerprint density at radius 3 is 2.79 bits per heavy atom. The van der Waals surface area contributed by atoms with Gasteiger partial charge in [0.25, 0.3) is 0 Å². The van der Waals surface area contributed by atoms with Gasteiger partial charge in [0.05, 0.1) is 11.6 Å². The minimum Gasteiger partial charge on any atom is -0.294 e. The second-order valence-electron chi connectivity index (χ2n) is 4.39. The van der Waals surface area contributed by atoms with Gasteiger partial charge in [0, 0.05) is 22.7 Å². The summed E-state index contributed by atoms with van der Waals surface area (Å²) in [6.07, 6.45) is 2.03. The Hall–Kier alpha value is -0.540. The smallest absolute Gasteiger partial charge is 0.194 e. The minimum absolute atomic E-state index is 0.155. The van der Waals surface area contributed by atoms with E-state index in [0.717, 1.165) is 10.7 Å². The molecule has 2 aromatic rings. The first-order chi connectivity index (χ1) is 6.52. The molecule has 0 aliphatic rings. The Labute approximate surface area is 92.5 Å². The molecule has 0 aliphatic carbocycles. The van der Waals surface area contributed by atoms with Crippen molar-refractivity contribution in [2.45, 2.75) is 32.1 Å². The van der Waals surface area contributed by atoms with Crippen LogP contribution in [0, 0.1) is 0 Å². The zero-order chi connectivity index (χ0) is 10.3. The molecule has 0 aliphatic heterocycles. The molecule has 2 rings (SSSR count). The van der Waals surface area contributed by atoms with Crippen LogP contribution in [0.4, 0.5) is 0 Å². The third kappa shape index (κ3) is 1.55. The van der Waals surface area contributed by atoms with Crippen LogP contribution >= 0.6 is 22.9 Å². The largest absolute Gasteiger partial charge is 0.294 e. The molecule has 4 heteroatoms. The van der Waals surface area contributed by atoms with E-state index in [9.17, 15) is 0 Å². The molecule has 2 aromatic heterocycles. The number of alkyl halides is 1. The predicted molar refractivity (Wildman–Crippen MR) is 61.3 cm³/mol. The Morgan fingerprint density at radius 1 is 1.50 bits per heavy atom. The average Bonchev–Trinajstić information content (AvgIpc) is 2.57. The summed E-state index contributed by atoms with van der Waals surface area (Å²) in [6.45, 7) is 6.61. The zero-order valence-corrected chi connectivity index (χ0v) is 10.1. The van der Waals surface area contributed by atoms with Crippen molar-refractivity contribution in [1.82, 2.24) is 9.38 Å². The summed E-state index contributed by atoms with van der Waals surface area (Å²) in [7, 11) is 0. The highest BCUT2D eigenvalue weighted by atomic mass is 35.5. The number of fused-ring (bicyclic) bond motifs is 1. The lowest BCUT2D eigenvalue weighted by Gasteiger charge is -2.16. The molecule has 0 aromatic carbocycles. The Balaban J connectivity index is 2.61. The minimum atomic E-state index is 0.155. The van der Waals surface area contributed by atoms with Crippen molar-refractivity contribution in [3.63, 3.8) is 0 Å². The molecule has 76 valence electrons. The zero-order valence-electron chi connectivity index (χ0n) is 8.54. The molecule has 0 bridgehead atoms. The number of rotatable bonds is 1. The van der Waals surface area contributed by atoms with Crippen LogP contribution in [0.3, 0.4) is 0 Å². The number of hydrogen-bond acceptors (Lipinski definition) is 2. The van der Waals surface area contributed by atoms with Crippen LogP contribution in [-0.4, -0.2) is 9.38 Å². The van der Waals surface area contributed by atoms with Gasteiger partial charge in [0.15, 0.2) is 4.96 Å². The maximum absolute atomic E-state index is 5.75. The van der Waals surface area contributed by atoms with E-state index in [4.69, 9.17) is 11.6 Å². The van der Waals surface area contributed by atoms with E-state index < -0.39 is 0 Å². The summed E-state index contributed by atoms with van der Waals surface area (Å²) in [5.74, 6) is 0.484. The van der Waals surface area contributed by atoms with Crippen molar-refractivity contribution < 1.29 is 0 Å². The van der Waals surface area contributed by atoms with Gasteiger partial charge in [-0.15, -0.1) is 22.9 Å². The first-order valence-electron chi connectivity index (χ1n) is 4.54. The van der Waals surface area contributed by atoms with Crippen molar-refractivity contribution in [3.8, 4) is 0 Å². The van der Waals surface area contributed by atoms with Gasteiger partial charge in [0.2, 0.25) is 0 Å². The number of aromatic nitrogens is 2. The van der Waals surface area contributed by atoms with Crippen molar-refractivity contribution in [2.24, 2.45) is 0 Å². The topological polar surface area (TPSA) is 17.3 Å². The highest BCUT2D eigenvalue weighted by Crippen LogP contribution is 2.27. The Kier molecular flexibility index (Phi) is 2.32. The maximum Gasteiger partial charge on any atom is 0.194 e. The molecule has 0 atom stereocenters. The van der Waals surface area contributed by atoms with Gasteiger partial charge in [0.1, 0.15) is 0 Å². The highest BCUT2D eigenvalue weighted by Gasteiger charge is 2.19. The highest BCUT2D eigenvalue weighted by molar-refractivity contribution is 7.15. The average molecular weight is 229 g/mol. The van der Waals surface area contributed by atoms with Crippen LogP contribution in [0.2, 0.25) is 0 Å². The van der Waals surface area contributed by atoms with E-state index in [0.29, 0.717) is 5.88 Å². The molecule has 0 fully saturated rings. The summed E-state index contributed by atoms with van der Waals surface area (Å²) in [5, 5.41) is 2.17. The summed E-state index contributed by atoms with van der Waals surface area (Å²) < 4.78 is 2.14. The quantitative estimate of drug-likeness (QED) is 0.684. The molecule has 2 nitrogen and oxygen atoms in total. The third-order valence-corrected chi connectivity index (χ3v) is 3.28. The predicted octanol–water partition coefficient (Wildman–Crippen LogP) is 3.43. The summed E-state index contributed by atoms with van der Waals surface area (Å²) >= 11 is 7.42. The summed E-state index contributed by atoms with van der Waals surface area (Å²) in [4.78, 5) is 5.45. The van der Waals surface area contributed by atoms with Gasteiger partial charge in [-0.2, -0.15) is 0 Å². The van der Waals surface area contributed by atoms with Crippen LogP contribution in [0.1, 0.15) is 32.2 Å². The van der Waals surface area contributed by atoms with Crippen molar-refractivity contribution in [2.75, 3.05) is 0 Å². The van der Waals surface area contributed by atoms with Crippen molar-refractivity contribution >= 4 is 27.9 Å². The molecule has 0 saturated heterocycles. The van der Waals surface area contributed by atoms with Gasteiger partial charge < -0.3 is 0 Å². The normalized spacial score (nSPS) is 12.6. The summed E-state index contributed by atoms with van der Waals surface area (Å²) in [6, 6.07) is 0. The van der Waals surface area contributed by atoms with Gasteiger partial charge in [-0.1, -0.05) is 20.8 Å². The number of thiazole rings is 1. The first kappa shape index (κ1) is 9.99. The van der Waals surface area contributed by atoms with Gasteiger partial charge in [-0.3, -0.25) is 4.40 Å². The number of nitrogens with zero attached hydrogens (tertiary/aromatic N) is 2. The van der Waals surface area contributed by atoms with E-state index in [2.05, 4.69) is 35.5 Å². The molecule has 14 heavy (non-hydrogen) atoms. The van der Waals surface area contributed by atoms with Crippen LogP contribution in [0.5, 0.6) is 0 Å². The molecule has 0 amide bonds. The molecule has 2 heterocycles. The lowest BCUT2D eigenvalue weighted by molar-refractivity contribution is 0.565. The summed E-state index contributed by atoms with van der Waals surface area (Å²) in [5.41, 5.74) is 2.40. The number of halogens is 1. The molecular weight excluding hydrogens is 216 g/mol. The van der Waals surface area contributed by atoms with E-state index in [1.807, 2.05) is 6.20 Å². The molecule has 0 saturated carbocycles. The van der Waals surface area contributed by atoms with Crippen LogP contribution in [0.15, 0.2) is 11.6 Å². The van der Waals surface area contributed by atoms with Crippen LogP contribution < -0.4 is 0 Å². The SMILES string of the molecule is CC(C)(C)c1csc2nc(CCl)cn12. The molecule has 0 spiro atoms. The molecule has 0 unspecified atom stereocenters. The lowest BCUT2D eigenvalue weighted by Crippen LogP contribution is -2.13. The van der Waals surface area contributed by atoms with E-state index >= 15 is 0 Å². The van der Waals surface area contributed by atoms with Gasteiger partial charge in [-0.25, -0.2) is 4.98 Å². The number of imidazole rings is 1. The first-order valence-corrected chi connectivity index (χ1v) is 5.95. The third-order valence-electron chi connectivity index (χ3n) is 2.16. The lowest BCUT2D eigenvalue weighted by atomic mass is 9.93. The second kappa shape index (κ2) is 3.24. The van der Waals surface area contributed by atoms with E-state index in [1.165, 1.54) is 5.69 Å². The molecular formula is C10H13ClN2S. The van der Waals surface area contributed by atoms with E-state index in [1.54, 1.807) is 11.3 Å². The second-order valence-corrected chi connectivity index (χ2v) is 5.49. The maximum atomic E-state index is 5.75. The van der Waals surface area contributed by atoms with Crippen LogP contribution in [-0.2, 0) is 11.3 Å². The van der Waals surface area contributed by atoms with E-state index in [-0.39, 0.29) is 5.41 Å². The fraction of sp³-hybridized carbons (Fsp3) is 0.500. The van der Waals surface area contributed by atoms with Crippen molar-refractivity contribution in [3.05, 3.63) is 23.0 Å². The fourth-order valence-electron chi connectivity index (χ4n) is 1.43. The van der Waals surface area contributed by atoms with Crippen molar-refractivity contribution in [1.29, 1.82) is 0 Å². The Bertz CT molecular complexity index is 450. The standard InChI is InChI=1S/C10H13ClN2S/c1-10(2,3)8-6-14-9-12-7(4-11)5-13(8)9/h5-6H,4H2,1-3H3.